The summed E-state index contributed by atoms with van der Waals surface area (Å²) in [4.78, 5) is 14.3. The molecular weight excluding hydrogens is 297 g/mol. The van der Waals surface area contributed by atoms with E-state index >= 15 is 0 Å². The summed E-state index contributed by atoms with van der Waals surface area (Å²) in [5, 5.41) is 8.82. The number of rotatable bonds is 5. The first-order chi connectivity index (χ1) is 9.78. The lowest BCUT2D eigenvalue weighted by Crippen LogP contribution is -2.29. The molecule has 0 amide bonds. The molecule has 0 saturated heterocycles. The van der Waals surface area contributed by atoms with Gasteiger partial charge in [0.1, 0.15) is 5.82 Å². The third-order valence-electron chi connectivity index (χ3n) is 3.20. The Hall–Kier alpha value is -1.77. The van der Waals surface area contributed by atoms with Gasteiger partial charge in [0.2, 0.25) is 10.0 Å². The van der Waals surface area contributed by atoms with E-state index in [-0.39, 0.29) is 29.3 Å². The van der Waals surface area contributed by atoms with Crippen LogP contribution in [0, 0.1) is 5.82 Å². The van der Waals surface area contributed by atoms with Gasteiger partial charge in [-0.05, 0) is 30.0 Å². The molecule has 21 heavy (non-hydrogen) atoms. The highest BCUT2D eigenvalue weighted by atomic mass is 32.2. The van der Waals surface area contributed by atoms with Gasteiger partial charge in [-0.25, -0.2) is 17.9 Å². The quantitative estimate of drug-likeness (QED) is 0.752. The van der Waals surface area contributed by atoms with Crippen LogP contribution in [0.15, 0.2) is 29.2 Å². The lowest BCUT2D eigenvalue weighted by molar-refractivity contribution is 0.574. The van der Waals surface area contributed by atoms with E-state index in [1.165, 1.54) is 24.4 Å². The largest absolute Gasteiger partial charge is 0.328 e. The maximum atomic E-state index is 13.2. The average Bonchev–Trinajstić information content (AvgIpc) is 2.38. The first-order valence-corrected chi connectivity index (χ1v) is 8.04. The van der Waals surface area contributed by atoms with Crippen molar-refractivity contribution in [3.63, 3.8) is 0 Å². The number of sulfonamides is 1. The third kappa shape index (κ3) is 3.87. The van der Waals surface area contributed by atoms with Crippen molar-refractivity contribution in [2.24, 2.45) is 5.14 Å². The van der Waals surface area contributed by atoms with Gasteiger partial charge in [-0.2, -0.15) is 0 Å². The molecule has 0 spiro atoms. The summed E-state index contributed by atoms with van der Waals surface area (Å²) >= 11 is 0. The van der Waals surface area contributed by atoms with E-state index in [1.807, 2.05) is 6.92 Å². The fourth-order valence-corrected chi connectivity index (χ4v) is 2.54. The molecule has 0 bridgehead atoms. The van der Waals surface area contributed by atoms with Crippen molar-refractivity contribution in [1.82, 2.24) is 10.3 Å². The van der Waals surface area contributed by atoms with Crippen LogP contribution >= 0.6 is 0 Å². The first-order valence-electron chi connectivity index (χ1n) is 6.32. The van der Waals surface area contributed by atoms with E-state index in [0.29, 0.717) is 5.39 Å². The maximum absolute atomic E-state index is 13.2. The minimum Gasteiger partial charge on any atom is -0.328 e. The van der Waals surface area contributed by atoms with Crippen LogP contribution in [0.5, 0.6) is 0 Å². The summed E-state index contributed by atoms with van der Waals surface area (Å²) < 4.78 is 35.0. The van der Waals surface area contributed by atoms with E-state index in [1.54, 1.807) is 0 Å². The first kappa shape index (κ1) is 15.6. The number of benzene rings is 1. The fraction of sp³-hybridized carbons (Fsp3) is 0.308. The predicted octanol–water partition coefficient (Wildman–Crippen LogP) is 0.606. The Bertz CT molecular complexity index is 817. The van der Waals surface area contributed by atoms with Crippen molar-refractivity contribution < 1.29 is 12.8 Å². The Morgan fingerprint density at radius 3 is 2.76 bits per heavy atom. The van der Waals surface area contributed by atoms with Gasteiger partial charge < -0.3 is 10.3 Å². The molecule has 1 atom stereocenters. The minimum atomic E-state index is -3.53. The minimum absolute atomic E-state index is 0.182. The smallest absolute Gasteiger partial charge is 0.255 e. The fourth-order valence-electron chi connectivity index (χ4n) is 2.14. The summed E-state index contributed by atoms with van der Waals surface area (Å²) in [5.41, 5.74) is 0.379. The predicted molar refractivity (Wildman–Crippen MR) is 78.9 cm³/mol. The van der Waals surface area contributed by atoms with Crippen LogP contribution in [-0.4, -0.2) is 25.7 Å². The topological polar surface area (TPSA) is 105 Å². The van der Waals surface area contributed by atoms with E-state index in [9.17, 15) is 17.6 Å². The highest BCUT2D eigenvalue weighted by Crippen LogP contribution is 2.21. The monoisotopic (exact) mass is 313 g/mol. The van der Waals surface area contributed by atoms with Crippen LogP contribution in [0.25, 0.3) is 10.8 Å². The number of aromatic nitrogens is 1. The average molecular weight is 313 g/mol. The van der Waals surface area contributed by atoms with Crippen LogP contribution < -0.4 is 16.0 Å². The van der Waals surface area contributed by atoms with E-state index in [4.69, 9.17) is 5.14 Å². The molecular formula is C13H16FN3O3S. The van der Waals surface area contributed by atoms with Crippen molar-refractivity contribution in [2.75, 3.05) is 12.3 Å². The number of hydrogen-bond donors (Lipinski definition) is 3. The number of primary sulfonamides is 1. The molecule has 4 N–H and O–H groups in total. The second-order valence-electron chi connectivity index (χ2n) is 4.81. The SMILES string of the molecule is CC(NCCS(N)(=O)=O)c1c[nH]c(=O)c2cc(F)ccc12. The van der Waals surface area contributed by atoms with Crippen LogP contribution in [-0.2, 0) is 10.0 Å². The van der Waals surface area contributed by atoms with E-state index < -0.39 is 15.8 Å². The van der Waals surface area contributed by atoms with Gasteiger partial charge in [0.05, 0.1) is 11.1 Å². The maximum Gasteiger partial charge on any atom is 0.255 e. The Labute approximate surface area is 121 Å². The number of aromatic amines is 1. The second kappa shape index (κ2) is 5.92. The highest BCUT2D eigenvalue weighted by molar-refractivity contribution is 7.89. The normalized spacial score (nSPS) is 13.5. The number of halogens is 1. The zero-order chi connectivity index (χ0) is 15.6. The molecule has 0 aliphatic rings. The molecule has 1 aromatic carbocycles. The number of nitrogens with two attached hydrogens (primary N) is 1. The second-order valence-corrected chi connectivity index (χ2v) is 6.54. The van der Waals surface area contributed by atoms with Gasteiger partial charge >= 0.3 is 0 Å². The number of hydrogen-bond acceptors (Lipinski definition) is 4. The number of nitrogens with one attached hydrogen (secondary N) is 2. The van der Waals surface area contributed by atoms with Gasteiger partial charge in [-0.1, -0.05) is 6.07 Å². The molecule has 0 aliphatic carbocycles. The lowest BCUT2D eigenvalue weighted by atomic mass is 10.0. The summed E-state index contributed by atoms with van der Waals surface area (Å²) in [6.07, 6.45) is 1.54. The van der Waals surface area contributed by atoms with Crippen LogP contribution in [0.2, 0.25) is 0 Å². The van der Waals surface area contributed by atoms with Gasteiger partial charge in [-0.3, -0.25) is 4.79 Å². The van der Waals surface area contributed by atoms with Gasteiger partial charge in [0.25, 0.3) is 5.56 Å². The van der Waals surface area contributed by atoms with Crippen LogP contribution in [0.4, 0.5) is 4.39 Å². The standard InChI is InChI=1S/C13H16FN3O3S/c1-8(16-4-5-21(15,19)20)12-7-17-13(18)11-6-9(14)2-3-10(11)12/h2-3,6-8,16H,4-5H2,1H3,(H,17,18)(H2,15,19,20). The van der Waals surface area contributed by atoms with Crippen molar-refractivity contribution in [1.29, 1.82) is 0 Å². The van der Waals surface area contributed by atoms with Crippen molar-refractivity contribution >= 4 is 20.8 Å². The van der Waals surface area contributed by atoms with Gasteiger partial charge in [-0.15, -0.1) is 0 Å². The number of fused-ring (bicyclic) bond motifs is 1. The Balaban J connectivity index is 2.30. The summed E-state index contributed by atoms with van der Waals surface area (Å²) in [5.74, 6) is -0.673. The molecule has 0 fully saturated rings. The molecule has 2 aromatic rings. The van der Waals surface area contributed by atoms with Crippen molar-refractivity contribution in [2.45, 2.75) is 13.0 Å². The van der Waals surface area contributed by atoms with Gasteiger partial charge in [0, 0.05) is 18.8 Å². The van der Waals surface area contributed by atoms with Crippen molar-refractivity contribution in [3.05, 3.63) is 46.1 Å². The van der Waals surface area contributed by atoms with E-state index in [0.717, 1.165) is 5.56 Å². The molecule has 8 heteroatoms. The van der Waals surface area contributed by atoms with Crippen molar-refractivity contribution in [3.8, 4) is 0 Å². The molecule has 1 unspecified atom stereocenters. The Morgan fingerprint density at radius 1 is 1.38 bits per heavy atom. The highest BCUT2D eigenvalue weighted by Gasteiger charge is 2.12. The molecule has 1 aromatic heterocycles. The lowest BCUT2D eigenvalue weighted by Gasteiger charge is -2.16. The molecule has 114 valence electrons. The van der Waals surface area contributed by atoms with Gasteiger partial charge in [0.15, 0.2) is 0 Å². The molecule has 2 rings (SSSR count). The Morgan fingerprint density at radius 2 is 2.10 bits per heavy atom. The van der Waals surface area contributed by atoms with E-state index in [2.05, 4.69) is 10.3 Å². The zero-order valence-electron chi connectivity index (χ0n) is 11.4. The third-order valence-corrected chi connectivity index (χ3v) is 3.97. The van der Waals surface area contributed by atoms with Crippen LogP contribution in [0.1, 0.15) is 18.5 Å². The summed E-state index contributed by atoms with van der Waals surface area (Å²) in [7, 11) is -3.53. The zero-order valence-corrected chi connectivity index (χ0v) is 12.2. The molecule has 0 aliphatic heterocycles. The van der Waals surface area contributed by atoms with Crippen LogP contribution in [0.3, 0.4) is 0 Å². The number of pyridine rings is 1. The molecule has 0 radical (unpaired) electrons. The molecule has 1 heterocycles. The number of H-pyrrole nitrogens is 1. The molecule has 6 nitrogen and oxygen atoms in total. The Kier molecular flexibility index (Phi) is 4.40. The summed E-state index contributed by atoms with van der Waals surface area (Å²) in [6.45, 7) is 2.00. The molecule has 0 saturated carbocycles. The summed E-state index contributed by atoms with van der Waals surface area (Å²) in [6, 6.07) is 3.76.